The lowest BCUT2D eigenvalue weighted by Crippen LogP contribution is -2.24. The van der Waals surface area contributed by atoms with Crippen molar-refractivity contribution < 1.29 is 14.3 Å². The number of ketones is 1. The van der Waals surface area contributed by atoms with Crippen molar-refractivity contribution in [2.75, 3.05) is 6.61 Å². The number of allylic oxidation sites excluding steroid dienone is 1. The van der Waals surface area contributed by atoms with E-state index in [1.807, 2.05) is 51.1 Å². The number of nitrogens with zero attached hydrogens (tertiary/aromatic N) is 3. The molecule has 0 amide bonds. The molecular weight excluding hydrogens is 446 g/mol. The third-order valence-corrected chi connectivity index (χ3v) is 5.29. The highest BCUT2D eigenvalue weighted by Gasteiger charge is 2.34. The molecule has 1 aliphatic heterocycles. The molecule has 0 aliphatic carbocycles. The summed E-state index contributed by atoms with van der Waals surface area (Å²) >= 11 is 3.44. The van der Waals surface area contributed by atoms with Crippen LogP contribution in [0.4, 0.5) is 0 Å². The van der Waals surface area contributed by atoms with Gasteiger partial charge in [-0.05, 0) is 56.7 Å². The molecule has 0 fully saturated rings. The Kier molecular flexibility index (Phi) is 5.47. The van der Waals surface area contributed by atoms with Crippen LogP contribution in [-0.4, -0.2) is 32.8 Å². The molecule has 0 bridgehead atoms. The molecule has 7 heteroatoms. The summed E-state index contributed by atoms with van der Waals surface area (Å²) in [6, 6.07) is 11.4. The Labute approximate surface area is 183 Å². The van der Waals surface area contributed by atoms with Crippen LogP contribution < -0.4 is 9.47 Å². The second-order valence-corrected chi connectivity index (χ2v) is 8.60. The van der Waals surface area contributed by atoms with Gasteiger partial charge in [-0.1, -0.05) is 28.1 Å². The minimum absolute atomic E-state index is 0.170. The van der Waals surface area contributed by atoms with Crippen LogP contribution in [0.15, 0.2) is 53.5 Å². The highest BCUT2D eigenvalue weighted by Crippen LogP contribution is 2.43. The SMILES string of the molecule is CCOc1cc(C(=O)/C(=C/c2ccc(Br)cc2)n2cncn2)cc2c1OC(C)(C)C2. The van der Waals surface area contributed by atoms with E-state index in [2.05, 4.69) is 26.0 Å². The lowest BCUT2D eigenvalue weighted by Gasteiger charge is -2.18. The Morgan fingerprint density at radius 1 is 1.30 bits per heavy atom. The second-order valence-electron chi connectivity index (χ2n) is 7.68. The number of Topliss-reactive ketones (excluding diaryl/α,β-unsaturated/α-hetero) is 1. The van der Waals surface area contributed by atoms with Crippen molar-refractivity contribution in [3.8, 4) is 11.5 Å². The van der Waals surface area contributed by atoms with Gasteiger partial charge in [-0.3, -0.25) is 4.79 Å². The van der Waals surface area contributed by atoms with Gasteiger partial charge in [0, 0.05) is 22.0 Å². The lowest BCUT2D eigenvalue weighted by molar-refractivity contribution is 0.105. The van der Waals surface area contributed by atoms with Gasteiger partial charge >= 0.3 is 0 Å². The Morgan fingerprint density at radius 2 is 2.07 bits per heavy atom. The summed E-state index contributed by atoms with van der Waals surface area (Å²) < 4.78 is 14.3. The largest absolute Gasteiger partial charge is 0.490 e. The second kappa shape index (κ2) is 8.07. The molecule has 2 aromatic carbocycles. The minimum atomic E-state index is -0.335. The fourth-order valence-electron chi connectivity index (χ4n) is 3.51. The highest BCUT2D eigenvalue weighted by molar-refractivity contribution is 9.10. The third kappa shape index (κ3) is 4.16. The first-order valence-corrected chi connectivity index (χ1v) is 10.5. The predicted molar refractivity (Wildman–Crippen MR) is 119 cm³/mol. The molecule has 3 aromatic rings. The number of hydrogen-bond acceptors (Lipinski definition) is 5. The summed E-state index contributed by atoms with van der Waals surface area (Å²) in [4.78, 5) is 17.6. The molecule has 0 saturated heterocycles. The van der Waals surface area contributed by atoms with Crippen molar-refractivity contribution in [1.29, 1.82) is 0 Å². The fourth-order valence-corrected chi connectivity index (χ4v) is 3.77. The number of aromatic nitrogens is 3. The first-order valence-electron chi connectivity index (χ1n) is 9.72. The molecule has 1 aromatic heterocycles. The van der Waals surface area contributed by atoms with Gasteiger partial charge < -0.3 is 9.47 Å². The number of halogens is 1. The summed E-state index contributed by atoms with van der Waals surface area (Å²) in [7, 11) is 0. The molecule has 2 heterocycles. The lowest BCUT2D eigenvalue weighted by atomic mass is 9.97. The Hall–Kier alpha value is -2.93. The standard InChI is InChI=1S/C23H22BrN3O3/c1-4-29-20-11-16(10-17-12-23(2,3)30-22(17)20)21(28)19(27-14-25-13-26-27)9-15-5-7-18(24)8-6-15/h5-11,13-14H,4,12H2,1-3H3/b19-9-. The summed E-state index contributed by atoms with van der Waals surface area (Å²) in [5.41, 5.74) is 2.44. The van der Waals surface area contributed by atoms with E-state index in [0.29, 0.717) is 30.0 Å². The van der Waals surface area contributed by atoms with E-state index in [0.717, 1.165) is 21.3 Å². The summed E-state index contributed by atoms with van der Waals surface area (Å²) in [5.74, 6) is 1.14. The Balaban J connectivity index is 1.79. The van der Waals surface area contributed by atoms with Gasteiger partial charge in [0.25, 0.3) is 0 Å². The van der Waals surface area contributed by atoms with Crippen molar-refractivity contribution in [2.45, 2.75) is 32.8 Å². The molecule has 0 saturated carbocycles. The van der Waals surface area contributed by atoms with Crippen LogP contribution in [0, 0.1) is 0 Å². The molecule has 0 spiro atoms. The topological polar surface area (TPSA) is 66.2 Å². The number of ether oxygens (including phenoxy) is 2. The number of carbonyl (C=O) groups excluding carboxylic acids is 1. The smallest absolute Gasteiger partial charge is 0.211 e. The molecule has 6 nitrogen and oxygen atoms in total. The van der Waals surface area contributed by atoms with Crippen LogP contribution in [0.3, 0.4) is 0 Å². The monoisotopic (exact) mass is 467 g/mol. The van der Waals surface area contributed by atoms with E-state index in [9.17, 15) is 4.79 Å². The number of hydrogen-bond donors (Lipinski definition) is 0. The molecule has 0 N–H and O–H groups in total. The zero-order valence-corrected chi connectivity index (χ0v) is 18.6. The van der Waals surface area contributed by atoms with Crippen LogP contribution in [0.5, 0.6) is 11.5 Å². The average Bonchev–Trinajstić information content (AvgIpc) is 3.34. The fraction of sp³-hybridized carbons (Fsp3) is 0.261. The zero-order chi connectivity index (χ0) is 21.3. The maximum absolute atomic E-state index is 13.6. The molecule has 154 valence electrons. The van der Waals surface area contributed by atoms with Crippen LogP contribution in [0.1, 0.15) is 42.3 Å². The number of fused-ring (bicyclic) bond motifs is 1. The van der Waals surface area contributed by atoms with Crippen molar-refractivity contribution in [2.24, 2.45) is 0 Å². The molecule has 0 atom stereocenters. The molecule has 1 aliphatic rings. The van der Waals surface area contributed by atoms with Gasteiger partial charge in [0.1, 0.15) is 24.0 Å². The van der Waals surface area contributed by atoms with Gasteiger partial charge in [0.2, 0.25) is 5.78 Å². The number of benzene rings is 2. The van der Waals surface area contributed by atoms with Gasteiger partial charge in [-0.15, -0.1) is 0 Å². The van der Waals surface area contributed by atoms with Crippen molar-refractivity contribution in [1.82, 2.24) is 14.8 Å². The van der Waals surface area contributed by atoms with E-state index >= 15 is 0 Å². The Morgan fingerprint density at radius 3 is 2.73 bits per heavy atom. The van der Waals surface area contributed by atoms with Gasteiger partial charge in [-0.25, -0.2) is 9.67 Å². The molecule has 4 rings (SSSR count). The van der Waals surface area contributed by atoms with E-state index in [1.54, 1.807) is 12.1 Å². The highest BCUT2D eigenvalue weighted by atomic mass is 79.9. The van der Waals surface area contributed by atoms with E-state index in [-0.39, 0.29) is 11.4 Å². The summed E-state index contributed by atoms with van der Waals surface area (Å²) in [5, 5.41) is 4.18. The summed E-state index contributed by atoms with van der Waals surface area (Å²) in [6.07, 6.45) is 5.44. The van der Waals surface area contributed by atoms with Crippen molar-refractivity contribution in [3.05, 3.63) is 70.2 Å². The van der Waals surface area contributed by atoms with E-state index < -0.39 is 0 Å². The maximum Gasteiger partial charge on any atom is 0.211 e. The molecule has 30 heavy (non-hydrogen) atoms. The third-order valence-electron chi connectivity index (χ3n) is 4.76. The normalized spacial score (nSPS) is 14.9. The Bertz CT molecular complexity index is 1100. The summed E-state index contributed by atoms with van der Waals surface area (Å²) in [6.45, 7) is 6.45. The van der Waals surface area contributed by atoms with E-state index in [4.69, 9.17) is 9.47 Å². The first-order chi connectivity index (χ1) is 14.4. The zero-order valence-electron chi connectivity index (χ0n) is 17.1. The van der Waals surface area contributed by atoms with Gasteiger partial charge in [0.15, 0.2) is 11.5 Å². The maximum atomic E-state index is 13.6. The number of rotatable bonds is 6. The van der Waals surface area contributed by atoms with Crippen LogP contribution in [0.25, 0.3) is 11.8 Å². The minimum Gasteiger partial charge on any atom is -0.490 e. The molecule has 0 radical (unpaired) electrons. The quantitative estimate of drug-likeness (QED) is 0.375. The predicted octanol–water partition coefficient (Wildman–Crippen LogP) is 5.03. The number of carbonyl (C=O) groups is 1. The van der Waals surface area contributed by atoms with E-state index in [1.165, 1.54) is 17.3 Å². The van der Waals surface area contributed by atoms with Crippen LogP contribution in [0.2, 0.25) is 0 Å². The van der Waals surface area contributed by atoms with Crippen molar-refractivity contribution in [3.63, 3.8) is 0 Å². The first kappa shape index (κ1) is 20.3. The van der Waals surface area contributed by atoms with Crippen LogP contribution in [-0.2, 0) is 6.42 Å². The molecule has 0 unspecified atom stereocenters. The van der Waals surface area contributed by atoms with Crippen molar-refractivity contribution >= 4 is 33.5 Å². The van der Waals surface area contributed by atoms with Gasteiger partial charge in [0.05, 0.1) is 6.61 Å². The van der Waals surface area contributed by atoms with Gasteiger partial charge in [-0.2, -0.15) is 5.10 Å². The molecular formula is C23H22BrN3O3. The van der Waals surface area contributed by atoms with Crippen LogP contribution >= 0.6 is 15.9 Å². The average molecular weight is 468 g/mol.